The van der Waals surface area contributed by atoms with Gasteiger partial charge in [-0.05, 0) is 30.9 Å². The molecule has 0 amide bonds. The van der Waals surface area contributed by atoms with Crippen LogP contribution in [0.15, 0.2) is 12.1 Å². The van der Waals surface area contributed by atoms with Crippen molar-refractivity contribution in [2.75, 3.05) is 0 Å². The molecular formula is C18H24FNO6. The Hall–Kier alpha value is -2.22. The third kappa shape index (κ3) is 4.12. The lowest BCUT2D eigenvalue weighted by Gasteiger charge is -2.43. The van der Waals surface area contributed by atoms with Gasteiger partial charge in [0.15, 0.2) is 6.10 Å². The van der Waals surface area contributed by atoms with Gasteiger partial charge in [0.25, 0.3) is 0 Å². The number of carbonyl (C=O) groups excluding carboxylic acids is 1. The second kappa shape index (κ2) is 7.99. The summed E-state index contributed by atoms with van der Waals surface area (Å²) in [6.07, 6.45) is -0.981. The van der Waals surface area contributed by atoms with E-state index >= 15 is 0 Å². The first-order valence-corrected chi connectivity index (χ1v) is 8.59. The summed E-state index contributed by atoms with van der Waals surface area (Å²) in [6, 6.07) is 2.07. The number of aryl methyl sites for hydroxylation is 1. The molecule has 144 valence electrons. The van der Waals surface area contributed by atoms with Gasteiger partial charge in [0.2, 0.25) is 12.1 Å². The molecule has 1 saturated heterocycles. The maximum absolute atomic E-state index is 13.7. The highest BCUT2D eigenvalue weighted by atomic mass is 19.1. The van der Waals surface area contributed by atoms with Crippen molar-refractivity contribution in [3.63, 3.8) is 0 Å². The lowest BCUT2D eigenvalue weighted by molar-refractivity contribution is -0.387. The summed E-state index contributed by atoms with van der Waals surface area (Å²) in [6.45, 7) is 8.81. The van der Waals surface area contributed by atoms with Gasteiger partial charge in [-0.25, -0.2) is 0 Å². The van der Waals surface area contributed by atoms with Gasteiger partial charge in [-0.3, -0.25) is 14.9 Å². The summed E-state index contributed by atoms with van der Waals surface area (Å²) in [5.74, 6) is -1.19. The third-order valence-corrected chi connectivity index (χ3v) is 4.90. The van der Waals surface area contributed by atoms with Gasteiger partial charge in [0, 0.05) is 12.8 Å². The molecule has 8 heteroatoms. The Labute approximate surface area is 151 Å². The second-order valence-electron chi connectivity index (χ2n) is 6.69. The average Bonchev–Trinajstić information content (AvgIpc) is 2.55. The SMILES string of the molecule is CCC1OC(Oc2cc([N+](=O)[O-])c(F)cc2C)C(OC(C)=O)C(C)C1C. The van der Waals surface area contributed by atoms with Crippen LogP contribution in [0.5, 0.6) is 5.75 Å². The number of hydrogen-bond acceptors (Lipinski definition) is 6. The minimum Gasteiger partial charge on any atom is -0.460 e. The zero-order valence-corrected chi connectivity index (χ0v) is 15.5. The van der Waals surface area contributed by atoms with Crippen LogP contribution in [0.25, 0.3) is 0 Å². The van der Waals surface area contributed by atoms with Crippen LogP contribution >= 0.6 is 0 Å². The molecule has 0 radical (unpaired) electrons. The van der Waals surface area contributed by atoms with E-state index in [2.05, 4.69) is 0 Å². The highest BCUT2D eigenvalue weighted by molar-refractivity contribution is 5.66. The first kappa shape index (κ1) is 20.1. The summed E-state index contributed by atoms with van der Waals surface area (Å²) >= 11 is 0. The van der Waals surface area contributed by atoms with Crippen molar-refractivity contribution in [2.45, 2.75) is 59.5 Å². The number of rotatable bonds is 5. The summed E-state index contributed by atoms with van der Waals surface area (Å²) in [4.78, 5) is 21.7. The Balaban J connectivity index is 2.36. The first-order chi connectivity index (χ1) is 12.1. The summed E-state index contributed by atoms with van der Waals surface area (Å²) in [5, 5.41) is 11.0. The molecule has 0 spiro atoms. The molecule has 1 fully saturated rings. The van der Waals surface area contributed by atoms with Crippen molar-refractivity contribution < 1.29 is 28.3 Å². The summed E-state index contributed by atoms with van der Waals surface area (Å²) in [5.41, 5.74) is -0.295. The molecule has 0 bridgehead atoms. The molecule has 5 atom stereocenters. The van der Waals surface area contributed by atoms with Gasteiger partial charge in [0.05, 0.1) is 17.1 Å². The van der Waals surface area contributed by atoms with E-state index in [-0.39, 0.29) is 23.7 Å². The van der Waals surface area contributed by atoms with E-state index in [9.17, 15) is 19.3 Å². The van der Waals surface area contributed by atoms with Crippen molar-refractivity contribution in [3.8, 4) is 5.75 Å². The Morgan fingerprint density at radius 1 is 1.35 bits per heavy atom. The van der Waals surface area contributed by atoms with Crippen molar-refractivity contribution in [1.82, 2.24) is 0 Å². The van der Waals surface area contributed by atoms with Crippen molar-refractivity contribution >= 4 is 11.7 Å². The highest BCUT2D eigenvalue weighted by Crippen LogP contribution is 2.36. The van der Waals surface area contributed by atoms with Crippen LogP contribution < -0.4 is 4.74 Å². The van der Waals surface area contributed by atoms with Crippen molar-refractivity contribution in [2.24, 2.45) is 11.8 Å². The topological polar surface area (TPSA) is 87.9 Å². The van der Waals surface area contributed by atoms with Crippen LogP contribution in [0, 0.1) is 34.7 Å². The molecule has 0 saturated carbocycles. The summed E-state index contributed by atoms with van der Waals surface area (Å²) in [7, 11) is 0. The quantitative estimate of drug-likeness (QED) is 0.446. The number of esters is 1. The third-order valence-electron chi connectivity index (χ3n) is 4.90. The smallest absolute Gasteiger partial charge is 0.308 e. The Morgan fingerprint density at radius 2 is 2.00 bits per heavy atom. The summed E-state index contributed by atoms with van der Waals surface area (Å²) < 4.78 is 30.9. The maximum Gasteiger partial charge on any atom is 0.308 e. The zero-order valence-electron chi connectivity index (χ0n) is 15.5. The Bertz CT molecular complexity index is 695. The molecular weight excluding hydrogens is 345 g/mol. The minimum atomic E-state index is -0.936. The van der Waals surface area contributed by atoms with Crippen molar-refractivity contribution in [3.05, 3.63) is 33.6 Å². The molecule has 1 aromatic rings. The molecule has 0 aromatic heterocycles. The molecule has 0 N–H and O–H groups in total. The van der Waals surface area contributed by atoms with E-state index in [1.54, 1.807) is 6.92 Å². The standard InChI is InChI=1S/C18H24FNO6/c1-6-15-10(3)11(4)17(24-12(5)21)18(25-15)26-16-8-14(20(22)23)13(19)7-9(16)2/h7-8,10-11,15,17-18H,6H2,1-5H3. The number of nitrogens with zero attached hydrogens (tertiary/aromatic N) is 1. The predicted molar refractivity (Wildman–Crippen MR) is 91.3 cm³/mol. The molecule has 1 aliphatic rings. The molecule has 1 aromatic carbocycles. The molecule has 1 aliphatic heterocycles. The zero-order chi connectivity index (χ0) is 19.6. The van der Waals surface area contributed by atoms with E-state index in [1.807, 2.05) is 20.8 Å². The van der Waals surface area contributed by atoms with E-state index < -0.39 is 34.8 Å². The molecule has 1 heterocycles. The molecule has 5 unspecified atom stereocenters. The van der Waals surface area contributed by atoms with Gasteiger partial charge in [-0.15, -0.1) is 0 Å². The second-order valence-corrected chi connectivity index (χ2v) is 6.69. The lowest BCUT2D eigenvalue weighted by Crippen LogP contribution is -2.53. The highest BCUT2D eigenvalue weighted by Gasteiger charge is 2.44. The number of benzene rings is 1. The number of hydrogen-bond donors (Lipinski definition) is 0. The average molecular weight is 369 g/mol. The predicted octanol–water partition coefficient (Wildman–Crippen LogP) is 3.76. The normalized spacial score (nSPS) is 28.5. The van der Waals surface area contributed by atoms with Gasteiger partial charge < -0.3 is 14.2 Å². The molecule has 7 nitrogen and oxygen atoms in total. The Morgan fingerprint density at radius 3 is 2.54 bits per heavy atom. The molecule has 0 aliphatic carbocycles. The van der Waals surface area contributed by atoms with E-state index in [0.717, 1.165) is 18.6 Å². The van der Waals surface area contributed by atoms with E-state index in [4.69, 9.17) is 14.2 Å². The van der Waals surface area contributed by atoms with E-state index in [1.165, 1.54) is 6.92 Å². The van der Waals surface area contributed by atoms with Gasteiger partial charge >= 0.3 is 11.7 Å². The number of carbonyl (C=O) groups is 1. The molecule has 2 rings (SSSR count). The fourth-order valence-electron chi connectivity index (χ4n) is 3.21. The van der Waals surface area contributed by atoms with Crippen LogP contribution in [0.1, 0.15) is 39.7 Å². The van der Waals surface area contributed by atoms with Crippen LogP contribution in [0.2, 0.25) is 0 Å². The van der Waals surface area contributed by atoms with Gasteiger partial charge in [0.1, 0.15) is 5.75 Å². The number of ether oxygens (including phenoxy) is 3. The van der Waals surface area contributed by atoms with Crippen LogP contribution in [0.4, 0.5) is 10.1 Å². The number of nitro benzene ring substituents is 1. The van der Waals surface area contributed by atoms with Crippen LogP contribution in [-0.2, 0) is 14.3 Å². The van der Waals surface area contributed by atoms with Gasteiger partial charge in [-0.1, -0.05) is 20.8 Å². The van der Waals surface area contributed by atoms with Crippen molar-refractivity contribution in [1.29, 1.82) is 0 Å². The van der Waals surface area contributed by atoms with Gasteiger partial charge in [-0.2, -0.15) is 4.39 Å². The maximum atomic E-state index is 13.7. The Kier molecular flexibility index (Phi) is 6.17. The number of halogens is 1. The fraction of sp³-hybridized carbons (Fsp3) is 0.611. The van der Waals surface area contributed by atoms with Crippen LogP contribution in [0.3, 0.4) is 0 Å². The van der Waals surface area contributed by atoms with Crippen LogP contribution in [-0.4, -0.2) is 29.4 Å². The molecule has 26 heavy (non-hydrogen) atoms. The first-order valence-electron chi connectivity index (χ1n) is 8.59. The minimum absolute atomic E-state index is 0.0432. The number of nitro groups is 1. The largest absolute Gasteiger partial charge is 0.460 e. The lowest BCUT2D eigenvalue weighted by atomic mass is 9.82. The fourth-order valence-corrected chi connectivity index (χ4v) is 3.21. The monoisotopic (exact) mass is 369 g/mol. The van der Waals surface area contributed by atoms with E-state index in [0.29, 0.717) is 5.56 Å².